The molecule has 0 aromatic heterocycles. The van der Waals surface area contributed by atoms with Crippen LogP contribution in [0, 0.1) is 0 Å². The van der Waals surface area contributed by atoms with Gasteiger partial charge in [0.2, 0.25) is 0 Å². The first-order valence-corrected chi connectivity index (χ1v) is 9.36. The second-order valence-electron chi connectivity index (χ2n) is 6.89. The molecule has 0 unspecified atom stereocenters. The maximum absolute atomic E-state index is 13.1. The Morgan fingerprint density at radius 1 is 1.11 bits per heavy atom. The van der Waals surface area contributed by atoms with Crippen LogP contribution in [0.4, 0.5) is 0 Å². The monoisotopic (exact) mass is 367 g/mol. The minimum Gasteiger partial charge on any atom is -0.497 e. The predicted octanol–water partition coefficient (Wildman–Crippen LogP) is 4.22. The lowest BCUT2D eigenvalue weighted by Gasteiger charge is -2.35. The van der Waals surface area contributed by atoms with Gasteiger partial charge in [-0.05, 0) is 61.1 Å². The number of likely N-dealkylation sites (tertiary alicyclic amines) is 1. The zero-order valence-electron chi connectivity index (χ0n) is 15.6. The number of carboxylic acid groups (broad SMARTS) is 1. The molecule has 1 atom stereocenters. The van der Waals surface area contributed by atoms with Gasteiger partial charge < -0.3 is 14.7 Å². The fourth-order valence-electron chi connectivity index (χ4n) is 3.64. The van der Waals surface area contributed by atoms with Crippen LogP contribution in [0.25, 0.3) is 11.1 Å². The summed E-state index contributed by atoms with van der Waals surface area (Å²) < 4.78 is 5.20. The molecule has 1 saturated heterocycles. The molecule has 5 heteroatoms. The van der Waals surface area contributed by atoms with E-state index in [1.54, 1.807) is 7.11 Å². The van der Waals surface area contributed by atoms with Gasteiger partial charge >= 0.3 is 5.97 Å². The Balaban J connectivity index is 1.79. The van der Waals surface area contributed by atoms with E-state index >= 15 is 0 Å². The predicted molar refractivity (Wildman–Crippen MR) is 104 cm³/mol. The molecule has 1 heterocycles. The van der Waals surface area contributed by atoms with Crippen LogP contribution in [0.1, 0.15) is 42.5 Å². The lowest BCUT2D eigenvalue weighted by Crippen LogP contribution is -2.44. The van der Waals surface area contributed by atoms with E-state index in [1.165, 1.54) is 0 Å². The van der Waals surface area contributed by atoms with Crippen LogP contribution in [0.3, 0.4) is 0 Å². The minimum absolute atomic E-state index is 0.00647. The average molecular weight is 367 g/mol. The standard InChI is InChI=1S/C22H25NO4/c1-27-20-11-8-16(9-12-20)17-5-4-6-18(15-17)22(26)23-14-3-2-7-19(23)10-13-21(24)25/h4-6,8-9,11-12,15,19H,2-3,7,10,13-14H2,1H3,(H,24,25)/t19-/m0/s1. The molecule has 1 aliphatic heterocycles. The fraction of sp³-hybridized carbons (Fsp3) is 0.364. The Kier molecular flexibility index (Phi) is 6.12. The molecule has 0 spiro atoms. The first-order chi connectivity index (χ1) is 13.1. The van der Waals surface area contributed by atoms with Crippen LogP contribution in [0.2, 0.25) is 0 Å². The van der Waals surface area contributed by atoms with Gasteiger partial charge in [0.05, 0.1) is 7.11 Å². The van der Waals surface area contributed by atoms with E-state index in [1.807, 2.05) is 53.4 Å². The summed E-state index contributed by atoms with van der Waals surface area (Å²) in [5, 5.41) is 8.97. The number of nitrogens with zero attached hydrogens (tertiary/aromatic N) is 1. The van der Waals surface area contributed by atoms with Gasteiger partial charge in [-0.15, -0.1) is 0 Å². The van der Waals surface area contributed by atoms with Crippen molar-refractivity contribution in [1.29, 1.82) is 0 Å². The van der Waals surface area contributed by atoms with E-state index in [2.05, 4.69) is 0 Å². The average Bonchev–Trinajstić information content (AvgIpc) is 2.72. The van der Waals surface area contributed by atoms with Gasteiger partial charge in [0.25, 0.3) is 5.91 Å². The highest BCUT2D eigenvalue weighted by Crippen LogP contribution is 2.26. The summed E-state index contributed by atoms with van der Waals surface area (Å²) in [5.74, 6) is -0.0319. The lowest BCUT2D eigenvalue weighted by molar-refractivity contribution is -0.137. The quantitative estimate of drug-likeness (QED) is 0.830. The molecular formula is C22H25NO4. The van der Waals surface area contributed by atoms with E-state index in [0.717, 1.165) is 36.1 Å². The summed E-state index contributed by atoms with van der Waals surface area (Å²) in [4.78, 5) is 25.9. The first kappa shape index (κ1) is 19.0. The highest BCUT2D eigenvalue weighted by molar-refractivity contribution is 5.95. The van der Waals surface area contributed by atoms with Crippen LogP contribution in [0.15, 0.2) is 48.5 Å². The van der Waals surface area contributed by atoms with Crippen molar-refractivity contribution in [2.45, 2.75) is 38.1 Å². The van der Waals surface area contributed by atoms with Crippen molar-refractivity contribution in [3.05, 3.63) is 54.1 Å². The molecule has 0 saturated carbocycles. The molecule has 2 aromatic carbocycles. The molecule has 0 radical (unpaired) electrons. The zero-order valence-corrected chi connectivity index (χ0v) is 15.6. The number of rotatable bonds is 6. The fourth-order valence-corrected chi connectivity index (χ4v) is 3.64. The van der Waals surface area contributed by atoms with E-state index in [-0.39, 0.29) is 18.4 Å². The lowest BCUT2D eigenvalue weighted by atomic mass is 9.96. The number of methoxy groups -OCH3 is 1. The molecule has 3 rings (SSSR count). The van der Waals surface area contributed by atoms with Crippen LogP contribution in [0.5, 0.6) is 5.75 Å². The number of piperidine rings is 1. The molecule has 1 fully saturated rings. The van der Waals surface area contributed by atoms with Crippen molar-refractivity contribution in [3.63, 3.8) is 0 Å². The number of benzene rings is 2. The summed E-state index contributed by atoms with van der Waals surface area (Å²) >= 11 is 0. The Hall–Kier alpha value is -2.82. The number of ether oxygens (including phenoxy) is 1. The van der Waals surface area contributed by atoms with E-state index in [0.29, 0.717) is 18.5 Å². The molecule has 1 amide bonds. The number of carbonyl (C=O) groups is 2. The Labute approximate surface area is 159 Å². The topological polar surface area (TPSA) is 66.8 Å². The zero-order chi connectivity index (χ0) is 19.2. The van der Waals surface area contributed by atoms with E-state index in [9.17, 15) is 9.59 Å². The normalized spacial score (nSPS) is 16.8. The first-order valence-electron chi connectivity index (χ1n) is 9.36. The van der Waals surface area contributed by atoms with Gasteiger partial charge in [-0.1, -0.05) is 24.3 Å². The third kappa shape index (κ3) is 4.67. The summed E-state index contributed by atoms with van der Waals surface area (Å²) in [6.45, 7) is 0.690. The molecule has 1 N–H and O–H groups in total. The van der Waals surface area contributed by atoms with Crippen molar-refractivity contribution in [2.75, 3.05) is 13.7 Å². The van der Waals surface area contributed by atoms with Crippen molar-refractivity contribution in [1.82, 2.24) is 4.90 Å². The number of amides is 1. The largest absolute Gasteiger partial charge is 0.497 e. The number of hydrogen-bond donors (Lipinski definition) is 1. The molecule has 5 nitrogen and oxygen atoms in total. The van der Waals surface area contributed by atoms with Gasteiger partial charge in [0.15, 0.2) is 0 Å². The van der Waals surface area contributed by atoms with Gasteiger partial charge in [-0.2, -0.15) is 0 Å². The summed E-state index contributed by atoms with van der Waals surface area (Å²) in [6.07, 6.45) is 3.49. The van der Waals surface area contributed by atoms with Crippen LogP contribution < -0.4 is 4.74 Å². The molecule has 27 heavy (non-hydrogen) atoms. The van der Waals surface area contributed by atoms with Crippen LogP contribution in [-0.4, -0.2) is 41.6 Å². The summed E-state index contributed by atoms with van der Waals surface area (Å²) in [6, 6.07) is 15.4. The van der Waals surface area contributed by atoms with Crippen molar-refractivity contribution < 1.29 is 19.4 Å². The van der Waals surface area contributed by atoms with Gasteiger partial charge in [-0.25, -0.2) is 0 Å². The van der Waals surface area contributed by atoms with Crippen molar-refractivity contribution in [2.24, 2.45) is 0 Å². The summed E-state index contributed by atoms with van der Waals surface area (Å²) in [5.41, 5.74) is 2.64. The maximum atomic E-state index is 13.1. The maximum Gasteiger partial charge on any atom is 0.303 e. The SMILES string of the molecule is COc1ccc(-c2cccc(C(=O)N3CCCC[C@H]3CCC(=O)O)c2)cc1. The van der Waals surface area contributed by atoms with E-state index < -0.39 is 5.97 Å². The highest BCUT2D eigenvalue weighted by Gasteiger charge is 2.27. The van der Waals surface area contributed by atoms with Crippen molar-refractivity contribution >= 4 is 11.9 Å². The second kappa shape index (κ2) is 8.71. The molecule has 2 aromatic rings. The second-order valence-corrected chi connectivity index (χ2v) is 6.89. The van der Waals surface area contributed by atoms with E-state index in [4.69, 9.17) is 9.84 Å². The third-order valence-corrected chi connectivity index (χ3v) is 5.11. The molecule has 0 aliphatic carbocycles. The molecule has 0 bridgehead atoms. The van der Waals surface area contributed by atoms with Gasteiger partial charge in [0, 0.05) is 24.6 Å². The Morgan fingerprint density at radius 3 is 2.59 bits per heavy atom. The van der Waals surface area contributed by atoms with Crippen LogP contribution in [-0.2, 0) is 4.79 Å². The third-order valence-electron chi connectivity index (χ3n) is 5.11. The summed E-state index contributed by atoms with van der Waals surface area (Å²) in [7, 11) is 1.63. The number of hydrogen-bond acceptors (Lipinski definition) is 3. The minimum atomic E-state index is -0.811. The number of aliphatic carboxylic acids is 1. The smallest absolute Gasteiger partial charge is 0.303 e. The Bertz CT molecular complexity index is 800. The van der Waals surface area contributed by atoms with Gasteiger partial charge in [-0.3, -0.25) is 9.59 Å². The number of carbonyl (C=O) groups excluding carboxylic acids is 1. The molecule has 142 valence electrons. The molecular weight excluding hydrogens is 342 g/mol. The number of carboxylic acids is 1. The highest BCUT2D eigenvalue weighted by atomic mass is 16.5. The van der Waals surface area contributed by atoms with Crippen molar-refractivity contribution in [3.8, 4) is 16.9 Å². The van der Waals surface area contributed by atoms with Crippen LogP contribution >= 0.6 is 0 Å². The Morgan fingerprint density at radius 2 is 1.89 bits per heavy atom. The molecule has 1 aliphatic rings. The van der Waals surface area contributed by atoms with Gasteiger partial charge in [0.1, 0.15) is 5.75 Å².